The first-order valence-corrected chi connectivity index (χ1v) is 13.2. The van der Waals surface area contributed by atoms with Gasteiger partial charge >= 0.3 is 5.97 Å². The summed E-state index contributed by atoms with van der Waals surface area (Å²) < 4.78 is 12.4. The Labute approximate surface area is 227 Å². The number of hydrogen-bond donors (Lipinski definition) is 3. The summed E-state index contributed by atoms with van der Waals surface area (Å²) in [6.45, 7) is 2.38. The number of carboxylic acid groups (broad SMARTS) is 1. The largest absolute Gasteiger partial charge is 0.493 e. The van der Waals surface area contributed by atoms with Crippen molar-refractivity contribution in [3.05, 3.63) is 91.4 Å². The van der Waals surface area contributed by atoms with E-state index in [0.717, 1.165) is 26.8 Å². The van der Waals surface area contributed by atoms with E-state index < -0.39 is 5.97 Å². The Morgan fingerprint density at radius 2 is 1.83 bits per heavy atom. The fourth-order valence-electron chi connectivity index (χ4n) is 3.57. The number of benzene rings is 3. The van der Waals surface area contributed by atoms with Crippen molar-refractivity contribution in [2.75, 3.05) is 12.4 Å². The number of ether oxygens (including phenoxy) is 2. The summed E-state index contributed by atoms with van der Waals surface area (Å²) in [5.74, 6) is 0.0261. The van der Waals surface area contributed by atoms with Crippen LogP contribution in [-0.4, -0.2) is 29.6 Å². The summed E-state index contributed by atoms with van der Waals surface area (Å²) in [7, 11) is 1.57. The average Bonchev–Trinajstić information content (AvgIpc) is 3.21. The van der Waals surface area contributed by atoms with Gasteiger partial charge in [0, 0.05) is 5.69 Å². The van der Waals surface area contributed by atoms with E-state index in [4.69, 9.17) is 14.6 Å². The smallest absolute Gasteiger partial charge is 0.335 e. The number of halogens is 1. The molecule has 4 rings (SSSR count). The third kappa shape index (κ3) is 6.33. The predicted octanol–water partition coefficient (Wildman–Crippen LogP) is 5.74. The number of amides is 1. The maximum absolute atomic E-state index is 12.6. The summed E-state index contributed by atoms with van der Waals surface area (Å²) in [6.07, 6.45) is 2.81. The number of carboxylic acids is 1. The number of aryl methyl sites for hydroxylation is 1. The Balaban J connectivity index is 1.45. The molecule has 9 heteroatoms. The van der Waals surface area contributed by atoms with Crippen molar-refractivity contribution in [3.8, 4) is 11.5 Å². The van der Waals surface area contributed by atoms with Gasteiger partial charge in [0.1, 0.15) is 6.61 Å². The Morgan fingerprint density at radius 3 is 2.47 bits per heavy atom. The molecule has 1 saturated heterocycles. The molecule has 3 aromatic rings. The zero-order chi connectivity index (χ0) is 25.7. The number of anilines is 1. The molecule has 3 N–H and O–H groups in total. The molecular weight excluding hydrogens is 591 g/mol. The highest BCUT2D eigenvalue weighted by atomic mass is 127. The van der Waals surface area contributed by atoms with Crippen molar-refractivity contribution < 1.29 is 24.2 Å². The minimum Gasteiger partial charge on any atom is -0.493 e. The van der Waals surface area contributed by atoms with E-state index in [-0.39, 0.29) is 23.6 Å². The van der Waals surface area contributed by atoms with E-state index in [9.17, 15) is 9.59 Å². The van der Waals surface area contributed by atoms with Crippen LogP contribution in [0.2, 0.25) is 0 Å². The van der Waals surface area contributed by atoms with Gasteiger partial charge in [0.15, 0.2) is 17.0 Å². The molecule has 1 aliphatic heterocycles. The van der Waals surface area contributed by atoms with Gasteiger partial charge in [0.2, 0.25) is 0 Å². The zero-order valence-electron chi connectivity index (χ0n) is 19.7. The van der Waals surface area contributed by atoms with Crippen LogP contribution in [0.4, 0.5) is 5.69 Å². The van der Waals surface area contributed by atoms with Crippen LogP contribution >= 0.6 is 34.4 Å². The van der Waals surface area contributed by atoms with E-state index in [2.05, 4.69) is 52.3 Å². The Hall–Kier alpha value is -3.18. The number of nitrogens with one attached hydrogen (secondary N) is 2. The van der Waals surface area contributed by atoms with Gasteiger partial charge in [-0.1, -0.05) is 43.0 Å². The van der Waals surface area contributed by atoms with Crippen molar-refractivity contribution in [2.45, 2.75) is 25.4 Å². The van der Waals surface area contributed by atoms with E-state index in [1.54, 1.807) is 31.4 Å². The molecule has 186 valence electrons. The maximum Gasteiger partial charge on any atom is 0.335 e. The fraction of sp³-hybridized carbons (Fsp3) is 0.185. The summed E-state index contributed by atoms with van der Waals surface area (Å²) >= 11 is 3.60. The molecule has 0 bridgehead atoms. The lowest BCUT2D eigenvalue weighted by molar-refractivity contribution is -0.116. The molecule has 1 aliphatic rings. The van der Waals surface area contributed by atoms with Crippen LogP contribution in [0.15, 0.2) is 65.6 Å². The molecule has 0 aromatic heterocycles. The number of thioether (sulfide) groups is 1. The van der Waals surface area contributed by atoms with Gasteiger partial charge in [0.25, 0.3) is 5.91 Å². The molecule has 0 unspecified atom stereocenters. The van der Waals surface area contributed by atoms with E-state index in [1.807, 2.05) is 30.3 Å². The summed E-state index contributed by atoms with van der Waals surface area (Å²) in [4.78, 5) is 24.2. The molecule has 0 radical (unpaired) electrons. The SMILES string of the molecule is CCc1ccc(N[C@@H]2NC(=O)/C(=C/c3cc(I)c(OCc4ccc(C(=O)O)cc4)c(OC)c3)S2)cc1. The predicted molar refractivity (Wildman–Crippen MR) is 150 cm³/mol. The van der Waals surface area contributed by atoms with Gasteiger partial charge in [-0.3, -0.25) is 4.79 Å². The fourth-order valence-corrected chi connectivity index (χ4v) is 5.33. The van der Waals surface area contributed by atoms with Gasteiger partial charge in [-0.25, -0.2) is 4.79 Å². The molecule has 0 spiro atoms. The Kier molecular flexibility index (Phi) is 8.42. The molecule has 1 atom stereocenters. The molecule has 0 aliphatic carbocycles. The van der Waals surface area contributed by atoms with E-state index in [0.29, 0.717) is 16.4 Å². The first-order valence-electron chi connectivity index (χ1n) is 11.2. The van der Waals surface area contributed by atoms with Crippen molar-refractivity contribution in [1.82, 2.24) is 5.32 Å². The third-order valence-corrected chi connectivity index (χ3v) is 7.35. The minimum atomic E-state index is -0.967. The highest BCUT2D eigenvalue weighted by Gasteiger charge is 2.27. The van der Waals surface area contributed by atoms with E-state index >= 15 is 0 Å². The Bertz CT molecular complexity index is 1290. The number of aromatic carboxylic acids is 1. The first-order chi connectivity index (χ1) is 17.4. The van der Waals surface area contributed by atoms with E-state index in [1.165, 1.54) is 17.3 Å². The van der Waals surface area contributed by atoms with Crippen LogP contribution in [0.3, 0.4) is 0 Å². The number of carbonyl (C=O) groups is 2. The van der Waals surface area contributed by atoms with Crippen LogP contribution < -0.4 is 20.1 Å². The molecule has 0 saturated carbocycles. The van der Waals surface area contributed by atoms with Gasteiger partial charge < -0.3 is 25.2 Å². The standard InChI is InChI=1S/C27H25IN2O5S/c1-3-16-6-10-20(11-7-16)29-27-30-25(31)23(36-27)14-18-12-21(28)24(22(13-18)34-2)35-15-17-4-8-19(9-5-17)26(32)33/h4-14,27,29H,3,15H2,1-2H3,(H,30,31)(H,32,33)/b23-14-/t27-/m1/s1. The average molecular weight is 616 g/mol. The second-order valence-electron chi connectivity index (χ2n) is 8.00. The van der Waals surface area contributed by atoms with Crippen LogP contribution in [0.25, 0.3) is 6.08 Å². The normalized spacial score (nSPS) is 16.0. The summed E-state index contributed by atoms with van der Waals surface area (Å²) in [6, 6.07) is 18.5. The maximum atomic E-state index is 12.6. The molecule has 1 heterocycles. The number of rotatable bonds is 9. The van der Waals surface area contributed by atoms with Crippen molar-refractivity contribution in [1.29, 1.82) is 0 Å². The van der Waals surface area contributed by atoms with Crippen molar-refractivity contribution in [3.63, 3.8) is 0 Å². The Morgan fingerprint density at radius 1 is 1.14 bits per heavy atom. The molecule has 3 aromatic carbocycles. The van der Waals surface area contributed by atoms with Crippen LogP contribution in [-0.2, 0) is 17.8 Å². The summed E-state index contributed by atoms with van der Waals surface area (Å²) in [5, 5.41) is 15.3. The van der Waals surface area contributed by atoms with Crippen LogP contribution in [0.1, 0.15) is 34.0 Å². The summed E-state index contributed by atoms with van der Waals surface area (Å²) in [5.41, 5.74) is 3.83. The molecule has 7 nitrogen and oxygen atoms in total. The molecular formula is C27H25IN2O5S. The first kappa shape index (κ1) is 25.9. The van der Waals surface area contributed by atoms with Gasteiger partial charge in [0.05, 0.1) is 21.1 Å². The zero-order valence-corrected chi connectivity index (χ0v) is 22.7. The van der Waals surface area contributed by atoms with Gasteiger partial charge in [-0.2, -0.15) is 0 Å². The highest BCUT2D eigenvalue weighted by Crippen LogP contribution is 2.37. The molecule has 1 amide bonds. The number of methoxy groups -OCH3 is 1. The molecule has 1 fully saturated rings. The topological polar surface area (TPSA) is 96.9 Å². The highest BCUT2D eigenvalue weighted by molar-refractivity contribution is 14.1. The second-order valence-corrected chi connectivity index (χ2v) is 10.3. The van der Waals surface area contributed by atoms with Crippen LogP contribution in [0, 0.1) is 3.57 Å². The lowest BCUT2D eigenvalue weighted by Crippen LogP contribution is -2.30. The van der Waals surface area contributed by atoms with Crippen molar-refractivity contribution in [2.24, 2.45) is 0 Å². The minimum absolute atomic E-state index is 0.137. The monoisotopic (exact) mass is 616 g/mol. The van der Waals surface area contributed by atoms with Crippen molar-refractivity contribution >= 4 is 58.0 Å². The number of hydrogen-bond acceptors (Lipinski definition) is 6. The number of carbonyl (C=O) groups excluding carboxylic acids is 1. The lowest BCUT2D eigenvalue weighted by atomic mass is 10.1. The second kappa shape index (κ2) is 11.7. The molecule has 36 heavy (non-hydrogen) atoms. The van der Waals surface area contributed by atoms with Gasteiger partial charge in [-0.15, -0.1) is 0 Å². The lowest BCUT2D eigenvalue weighted by Gasteiger charge is -2.14. The quantitative estimate of drug-likeness (QED) is 0.209. The van der Waals surface area contributed by atoms with Gasteiger partial charge in [-0.05, 0) is 88.2 Å². The third-order valence-electron chi connectivity index (χ3n) is 5.52. The van der Waals surface area contributed by atoms with Crippen LogP contribution in [0.5, 0.6) is 11.5 Å².